The van der Waals surface area contributed by atoms with Crippen molar-refractivity contribution in [3.8, 4) is 17.2 Å². The van der Waals surface area contributed by atoms with E-state index in [0.29, 0.717) is 30.3 Å². The van der Waals surface area contributed by atoms with Crippen LogP contribution < -0.4 is 14.8 Å². The molecular formula is C24H24N2O5S. The molecule has 32 heavy (non-hydrogen) atoms. The quantitative estimate of drug-likeness (QED) is 0.570. The molecule has 1 N–H and O–H groups in total. The molecule has 4 rings (SSSR count). The van der Waals surface area contributed by atoms with E-state index in [1.54, 1.807) is 24.3 Å². The van der Waals surface area contributed by atoms with Crippen LogP contribution in [0.4, 0.5) is 5.69 Å². The fourth-order valence-corrected chi connectivity index (χ4v) is 5.11. The van der Waals surface area contributed by atoms with Crippen LogP contribution in [-0.2, 0) is 10.0 Å². The Morgan fingerprint density at radius 2 is 1.59 bits per heavy atom. The first-order valence-corrected chi connectivity index (χ1v) is 11.7. The molecule has 1 aliphatic heterocycles. The lowest BCUT2D eigenvalue weighted by Crippen LogP contribution is -2.28. The number of sulfonamides is 1. The van der Waals surface area contributed by atoms with Gasteiger partial charge < -0.3 is 14.8 Å². The Labute approximate surface area is 187 Å². The van der Waals surface area contributed by atoms with Gasteiger partial charge in [-0.3, -0.25) is 4.79 Å². The molecule has 166 valence electrons. The first-order valence-electron chi connectivity index (χ1n) is 10.3. The Morgan fingerprint density at radius 3 is 2.31 bits per heavy atom. The number of hydrogen-bond donors (Lipinski definition) is 1. The van der Waals surface area contributed by atoms with Gasteiger partial charge in [0.25, 0.3) is 5.91 Å². The zero-order chi connectivity index (χ0) is 22.6. The maximum atomic E-state index is 13.1. The SMILES string of the molecule is COc1ccc(S(=O)(=O)N2CCCC2)cc1C(=O)Nc1ccccc1Oc1ccccc1. The predicted octanol–water partition coefficient (Wildman–Crippen LogP) is 4.52. The number of methoxy groups -OCH3 is 1. The molecule has 7 nitrogen and oxygen atoms in total. The normalized spacial score (nSPS) is 14.2. The molecule has 0 unspecified atom stereocenters. The average molecular weight is 453 g/mol. The van der Waals surface area contributed by atoms with E-state index in [1.807, 2.05) is 30.3 Å². The predicted molar refractivity (Wildman–Crippen MR) is 122 cm³/mol. The summed E-state index contributed by atoms with van der Waals surface area (Å²) < 4.78 is 38.6. The number of nitrogens with one attached hydrogen (secondary N) is 1. The molecule has 3 aromatic carbocycles. The Kier molecular flexibility index (Phi) is 6.43. The largest absolute Gasteiger partial charge is 0.496 e. The maximum absolute atomic E-state index is 13.1. The molecule has 3 aromatic rings. The van der Waals surface area contributed by atoms with E-state index < -0.39 is 15.9 Å². The van der Waals surface area contributed by atoms with E-state index in [2.05, 4.69) is 5.32 Å². The molecule has 0 saturated carbocycles. The fourth-order valence-electron chi connectivity index (χ4n) is 3.57. The highest BCUT2D eigenvalue weighted by Crippen LogP contribution is 2.31. The summed E-state index contributed by atoms with van der Waals surface area (Å²) in [7, 11) is -2.23. The molecule has 0 spiro atoms. The van der Waals surface area contributed by atoms with Crippen LogP contribution >= 0.6 is 0 Å². The van der Waals surface area contributed by atoms with Crippen molar-refractivity contribution >= 4 is 21.6 Å². The second-order valence-electron chi connectivity index (χ2n) is 7.34. The second kappa shape index (κ2) is 9.42. The van der Waals surface area contributed by atoms with Crippen molar-refractivity contribution in [1.29, 1.82) is 0 Å². The third-order valence-electron chi connectivity index (χ3n) is 5.22. The van der Waals surface area contributed by atoms with E-state index >= 15 is 0 Å². The lowest BCUT2D eigenvalue weighted by molar-refractivity contribution is 0.102. The topological polar surface area (TPSA) is 84.9 Å². The van der Waals surface area contributed by atoms with Crippen LogP contribution in [0.3, 0.4) is 0 Å². The van der Waals surface area contributed by atoms with Gasteiger partial charge in [0.2, 0.25) is 10.0 Å². The van der Waals surface area contributed by atoms with Gasteiger partial charge in [0.15, 0.2) is 5.75 Å². The first-order chi connectivity index (χ1) is 15.5. The zero-order valence-electron chi connectivity index (χ0n) is 17.7. The van der Waals surface area contributed by atoms with Crippen LogP contribution in [0.2, 0.25) is 0 Å². The Balaban J connectivity index is 1.62. The Hall–Kier alpha value is -3.36. The van der Waals surface area contributed by atoms with Gasteiger partial charge in [-0.25, -0.2) is 8.42 Å². The van der Waals surface area contributed by atoms with Crippen molar-refractivity contribution in [1.82, 2.24) is 4.31 Å². The molecule has 0 radical (unpaired) electrons. The van der Waals surface area contributed by atoms with Crippen molar-refractivity contribution < 1.29 is 22.7 Å². The highest BCUT2D eigenvalue weighted by molar-refractivity contribution is 7.89. The Bertz CT molecular complexity index is 1210. The Morgan fingerprint density at radius 1 is 0.906 bits per heavy atom. The van der Waals surface area contributed by atoms with E-state index in [-0.39, 0.29) is 16.2 Å². The van der Waals surface area contributed by atoms with Crippen molar-refractivity contribution in [2.45, 2.75) is 17.7 Å². The summed E-state index contributed by atoms with van der Waals surface area (Å²) in [5, 5.41) is 2.82. The van der Waals surface area contributed by atoms with E-state index in [0.717, 1.165) is 12.8 Å². The molecule has 1 aliphatic rings. The van der Waals surface area contributed by atoms with Crippen molar-refractivity contribution in [3.05, 3.63) is 78.4 Å². The van der Waals surface area contributed by atoms with Gasteiger partial charge in [0.05, 0.1) is 23.3 Å². The number of carbonyl (C=O) groups is 1. The summed E-state index contributed by atoms with van der Waals surface area (Å²) in [6.45, 7) is 0.972. The number of hydrogen-bond acceptors (Lipinski definition) is 5. The average Bonchev–Trinajstić information content (AvgIpc) is 3.36. The number of anilines is 1. The van der Waals surface area contributed by atoms with Crippen LogP contribution in [0.5, 0.6) is 17.2 Å². The van der Waals surface area contributed by atoms with Crippen LogP contribution in [0, 0.1) is 0 Å². The third kappa shape index (κ3) is 4.61. The number of para-hydroxylation sites is 3. The summed E-state index contributed by atoms with van der Waals surface area (Å²) in [6.07, 6.45) is 1.67. The number of ether oxygens (including phenoxy) is 2. The van der Waals surface area contributed by atoms with Gasteiger partial charge in [-0.15, -0.1) is 0 Å². The van der Waals surface area contributed by atoms with Crippen molar-refractivity contribution in [3.63, 3.8) is 0 Å². The highest BCUT2D eigenvalue weighted by atomic mass is 32.2. The number of amides is 1. The lowest BCUT2D eigenvalue weighted by Gasteiger charge is -2.17. The molecule has 1 fully saturated rings. The zero-order valence-corrected chi connectivity index (χ0v) is 18.5. The summed E-state index contributed by atoms with van der Waals surface area (Å²) in [5.74, 6) is 0.881. The minimum absolute atomic E-state index is 0.0687. The first kappa shape index (κ1) is 21.9. The summed E-state index contributed by atoms with van der Waals surface area (Å²) in [5.41, 5.74) is 0.582. The van der Waals surface area contributed by atoms with Gasteiger partial charge in [0, 0.05) is 13.1 Å². The minimum Gasteiger partial charge on any atom is -0.496 e. The fraction of sp³-hybridized carbons (Fsp3) is 0.208. The standard InChI is InChI=1S/C24H24N2O5S/c1-30-22-14-13-19(32(28,29)26-15-7-8-16-26)17-20(22)24(27)25-21-11-5-6-12-23(21)31-18-9-3-2-4-10-18/h2-6,9-14,17H,7-8,15-16H2,1H3,(H,25,27). The number of nitrogens with zero attached hydrogens (tertiary/aromatic N) is 1. The molecule has 0 bridgehead atoms. The molecule has 1 amide bonds. The van der Waals surface area contributed by atoms with Gasteiger partial charge in [0.1, 0.15) is 11.5 Å². The second-order valence-corrected chi connectivity index (χ2v) is 9.28. The van der Waals surface area contributed by atoms with Gasteiger partial charge in [-0.05, 0) is 55.3 Å². The number of carbonyl (C=O) groups excluding carboxylic acids is 1. The van der Waals surface area contributed by atoms with Gasteiger partial charge in [-0.2, -0.15) is 4.31 Å². The van der Waals surface area contributed by atoms with Crippen LogP contribution in [0.25, 0.3) is 0 Å². The van der Waals surface area contributed by atoms with Gasteiger partial charge in [-0.1, -0.05) is 30.3 Å². The molecule has 8 heteroatoms. The van der Waals surface area contributed by atoms with Crippen molar-refractivity contribution in [2.24, 2.45) is 0 Å². The number of benzene rings is 3. The lowest BCUT2D eigenvalue weighted by atomic mass is 10.1. The third-order valence-corrected chi connectivity index (χ3v) is 7.12. The van der Waals surface area contributed by atoms with Crippen LogP contribution in [-0.4, -0.2) is 38.8 Å². The molecular weight excluding hydrogens is 428 g/mol. The van der Waals surface area contributed by atoms with Gasteiger partial charge >= 0.3 is 0 Å². The summed E-state index contributed by atoms with van der Waals surface area (Å²) in [6, 6.07) is 20.6. The highest BCUT2D eigenvalue weighted by Gasteiger charge is 2.28. The summed E-state index contributed by atoms with van der Waals surface area (Å²) >= 11 is 0. The molecule has 1 heterocycles. The van der Waals surface area contributed by atoms with E-state index in [1.165, 1.54) is 29.6 Å². The van der Waals surface area contributed by atoms with E-state index in [4.69, 9.17) is 9.47 Å². The smallest absolute Gasteiger partial charge is 0.259 e. The number of rotatable bonds is 7. The van der Waals surface area contributed by atoms with Crippen molar-refractivity contribution in [2.75, 3.05) is 25.5 Å². The van der Waals surface area contributed by atoms with Crippen LogP contribution in [0.1, 0.15) is 23.2 Å². The maximum Gasteiger partial charge on any atom is 0.259 e. The van der Waals surface area contributed by atoms with E-state index in [9.17, 15) is 13.2 Å². The molecule has 0 atom stereocenters. The molecule has 0 aliphatic carbocycles. The molecule has 1 saturated heterocycles. The monoisotopic (exact) mass is 452 g/mol. The minimum atomic E-state index is -3.67. The summed E-state index contributed by atoms with van der Waals surface area (Å²) in [4.78, 5) is 13.2. The van der Waals surface area contributed by atoms with Crippen LogP contribution in [0.15, 0.2) is 77.7 Å². The molecule has 0 aromatic heterocycles.